The summed E-state index contributed by atoms with van der Waals surface area (Å²) < 4.78 is 66.0. The number of sulfonamides is 1. The molecule has 0 radical (unpaired) electrons. The molecule has 0 saturated heterocycles. The minimum atomic E-state index is -4.83. The molecular weight excluding hydrogens is 531 g/mol. The lowest BCUT2D eigenvalue weighted by Crippen LogP contribution is -2.51. The second kappa shape index (κ2) is 12.2. The van der Waals surface area contributed by atoms with Crippen LogP contribution in [0.25, 0.3) is 0 Å². The van der Waals surface area contributed by atoms with E-state index in [0.29, 0.717) is 16.9 Å². The number of alkyl halides is 3. The number of benzene rings is 2. The molecule has 0 aliphatic rings. The normalized spacial score (nSPS) is 12.8. The topological polar surface area (TPSA) is 86.8 Å². The highest BCUT2D eigenvalue weighted by Crippen LogP contribution is 2.37. The number of hydrogen-bond donors (Lipinski definition) is 1. The van der Waals surface area contributed by atoms with E-state index in [0.717, 1.165) is 29.5 Å². The Balaban J connectivity index is 2.47. The predicted octanol–water partition coefficient (Wildman–Crippen LogP) is 4.62. The largest absolute Gasteiger partial charge is 0.417 e. The number of aryl methyl sites for hydroxylation is 1. The average Bonchev–Trinajstić information content (AvgIpc) is 2.78. The third kappa shape index (κ3) is 8.36. The Labute approximate surface area is 220 Å². The zero-order chi connectivity index (χ0) is 28.1. The third-order valence-corrected chi connectivity index (χ3v) is 7.15. The summed E-state index contributed by atoms with van der Waals surface area (Å²) in [6.07, 6.45) is -4.05. The van der Waals surface area contributed by atoms with Gasteiger partial charge in [-0.2, -0.15) is 13.2 Å². The van der Waals surface area contributed by atoms with Crippen molar-refractivity contribution in [3.05, 3.63) is 64.2 Å². The summed E-state index contributed by atoms with van der Waals surface area (Å²) in [5, 5.41) is 2.15. The highest BCUT2D eigenvalue weighted by atomic mass is 35.5. The van der Waals surface area contributed by atoms with Gasteiger partial charge in [-0.15, -0.1) is 0 Å². The molecule has 0 aliphatic heterocycles. The SMILES string of the molecule is Cc1ccccc1CN(C(=O)CN(c1ccc(Cl)c(C(F)(F)F)c1)S(C)(=O)=O)C(C)C(=O)NCC(C)C. The van der Waals surface area contributed by atoms with E-state index in [-0.39, 0.29) is 18.2 Å². The molecule has 0 bridgehead atoms. The fourth-order valence-corrected chi connectivity index (χ4v) is 4.57. The van der Waals surface area contributed by atoms with Gasteiger partial charge in [-0.05, 0) is 49.1 Å². The minimum Gasteiger partial charge on any atom is -0.354 e. The zero-order valence-electron chi connectivity index (χ0n) is 21.3. The maximum Gasteiger partial charge on any atom is 0.417 e. The lowest BCUT2D eigenvalue weighted by molar-refractivity contribution is -0.139. The van der Waals surface area contributed by atoms with Crippen molar-refractivity contribution in [2.45, 2.75) is 46.5 Å². The molecule has 204 valence electrons. The van der Waals surface area contributed by atoms with Gasteiger partial charge in [0.1, 0.15) is 12.6 Å². The standard InChI is InChI=1S/C25H31ClF3N3O4S/c1-16(2)13-30-24(34)18(4)31(14-19-9-7-6-8-17(19)3)23(33)15-32(37(5,35)36)20-10-11-22(26)21(12-20)25(27,28)29/h6-12,16,18H,13-15H2,1-5H3,(H,30,34). The summed E-state index contributed by atoms with van der Waals surface area (Å²) in [6.45, 7) is 6.71. The third-order valence-electron chi connectivity index (χ3n) is 5.68. The van der Waals surface area contributed by atoms with E-state index in [9.17, 15) is 31.2 Å². The van der Waals surface area contributed by atoms with Crippen molar-refractivity contribution in [3.8, 4) is 0 Å². The van der Waals surface area contributed by atoms with E-state index in [1.165, 1.54) is 11.8 Å². The zero-order valence-corrected chi connectivity index (χ0v) is 22.8. The van der Waals surface area contributed by atoms with Crippen LogP contribution in [0.15, 0.2) is 42.5 Å². The highest BCUT2D eigenvalue weighted by molar-refractivity contribution is 7.92. The smallest absolute Gasteiger partial charge is 0.354 e. The van der Waals surface area contributed by atoms with Crippen LogP contribution in [0.1, 0.15) is 37.5 Å². The Morgan fingerprint density at radius 2 is 1.70 bits per heavy atom. The van der Waals surface area contributed by atoms with Gasteiger partial charge in [-0.1, -0.05) is 49.7 Å². The molecule has 0 aliphatic carbocycles. The predicted molar refractivity (Wildman–Crippen MR) is 138 cm³/mol. The van der Waals surface area contributed by atoms with Crippen LogP contribution in [-0.2, 0) is 32.3 Å². The molecule has 0 spiro atoms. The van der Waals surface area contributed by atoms with Crippen LogP contribution in [0.2, 0.25) is 5.02 Å². The van der Waals surface area contributed by atoms with Crippen molar-refractivity contribution in [2.24, 2.45) is 5.92 Å². The molecule has 0 heterocycles. The van der Waals surface area contributed by atoms with Gasteiger partial charge in [-0.25, -0.2) is 8.42 Å². The molecule has 2 rings (SSSR count). The number of carbonyl (C=O) groups is 2. The van der Waals surface area contributed by atoms with Crippen LogP contribution in [0.3, 0.4) is 0 Å². The second-order valence-electron chi connectivity index (χ2n) is 9.19. The Hall–Kier alpha value is -2.79. The Bertz CT molecular complexity index is 1240. The molecule has 0 fully saturated rings. The van der Waals surface area contributed by atoms with Gasteiger partial charge in [0.15, 0.2) is 0 Å². The van der Waals surface area contributed by atoms with E-state index < -0.39 is 51.2 Å². The molecule has 7 nitrogen and oxygen atoms in total. The molecule has 2 aromatic carbocycles. The Kier molecular flexibility index (Phi) is 10.0. The fourth-order valence-electron chi connectivity index (χ4n) is 3.51. The number of nitrogens with one attached hydrogen (secondary N) is 1. The fraction of sp³-hybridized carbons (Fsp3) is 0.440. The maximum absolute atomic E-state index is 13.5. The van der Waals surface area contributed by atoms with E-state index in [4.69, 9.17) is 11.6 Å². The van der Waals surface area contributed by atoms with Gasteiger partial charge < -0.3 is 10.2 Å². The molecule has 12 heteroatoms. The summed E-state index contributed by atoms with van der Waals surface area (Å²) in [6, 6.07) is 8.81. The first kappa shape index (κ1) is 30.4. The van der Waals surface area contributed by atoms with Gasteiger partial charge in [0, 0.05) is 13.1 Å². The number of amides is 2. The first-order valence-corrected chi connectivity index (χ1v) is 13.7. The first-order valence-electron chi connectivity index (χ1n) is 11.5. The number of anilines is 1. The number of hydrogen-bond acceptors (Lipinski definition) is 4. The first-order chi connectivity index (χ1) is 17.0. The number of carbonyl (C=O) groups excluding carboxylic acids is 2. The molecule has 1 N–H and O–H groups in total. The second-order valence-corrected chi connectivity index (χ2v) is 11.5. The Morgan fingerprint density at radius 3 is 2.24 bits per heavy atom. The monoisotopic (exact) mass is 561 g/mol. The average molecular weight is 562 g/mol. The maximum atomic E-state index is 13.5. The molecule has 0 saturated carbocycles. The van der Waals surface area contributed by atoms with Gasteiger partial charge in [0.25, 0.3) is 0 Å². The van der Waals surface area contributed by atoms with Crippen LogP contribution in [0.5, 0.6) is 0 Å². The van der Waals surface area contributed by atoms with Gasteiger partial charge in [0.05, 0.1) is 22.5 Å². The van der Waals surface area contributed by atoms with Crippen molar-refractivity contribution >= 4 is 39.1 Å². The summed E-state index contributed by atoms with van der Waals surface area (Å²) in [4.78, 5) is 27.6. The van der Waals surface area contributed by atoms with E-state index in [1.807, 2.05) is 32.9 Å². The van der Waals surface area contributed by atoms with Crippen molar-refractivity contribution in [1.82, 2.24) is 10.2 Å². The van der Waals surface area contributed by atoms with Crippen molar-refractivity contribution in [1.29, 1.82) is 0 Å². The van der Waals surface area contributed by atoms with Crippen LogP contribution in [0.4, 0.5) is 18.9 Å². The number of halogens is 4. The molecule has 2 aromatic rings. The van der Waals surface area contributed by atoms with Crippen LogP contribution < -0.4 is 9.62 Å². The lowest BCUT2D eigenvalue weighted by Gasteiger charge is -2.32. The Morgan fingerprint density at radius 1 is 1.08 bits per heavy atom. The van der Waals surface area contributed by atoms with Crippen LogP contribution >= 0.6 is 11.6 Å². The number of nitrogens with zero attached hydrogens (tertiary/aromatic N) is 2. The van der Waals surface area contributed by atoms with Crippen molar-refractivity contribution < 1.29 is 31.2 Å². The number of rotatable bonds is 10. The lowest BCUT2D eigenvalue weighted by atomic mass is 10.1. The highest BCUT2D eigenvalue weighted by Gasteiger charge is 2.35. The van der Waals surface area contributed by atoms with Crippen molar-refractivity contribution in [3.63, 3.8) is 0 Å². The van der Waals surface area contributed by atoms with Crippen LogP contribution in [-0.4, -0.2) is 50.5 Å². The molecule has 2 amide bonds. The molecule has 37 heavy (non-hydrogen) atoms. The van der Waals surface area contributed by atoms with Gasteiger partial charge in [0.2, 0.25) is 21.8 Å². The summed E-state index contributed by atoms with van der Waals surface area (Å²) in [5.74, 6) is -1.04. The van der Waals surface area contributed by atoms with Crippen molar-refractivity contribution in [2.75, 3.05) is 23.7 Å². The molecular formula is C25H31ClF3N3O4S. The van der Waals surface area contributed by atoms with Gasteiger partial charge in [-0.3, -0.25) is 13.9 Å². The molecule has 0 aromatic heterocycles. The molecule has 1 unspecified atom stereocenters. The van der Waals surface area contributed by atoms with E-state index in [1.54, 1.807) is 12.1 Å². The summed E-state index contributed by atoms with van der Waals surface area (Å²) >= 11 is 5.68. The molecule has 1 atom stereocenters. The summed E-state index contributed by atoms with van der Waals surface area (Å²) in [5.41, 5.74) is -0.0232. The van der Waals surface area contributed by atoms with E-state index in [2.05, 4.69) is 5.32 Å². The summed E-state index contributed by atoms with van der Waals surface area (Å²) in [7, 11) is -4.20. The van der Waals surface area contributed by atoms with Gasteiger partial charge >= 0.3 is 6.18 Å². The quantitative estimate of drug-likeness (QED) is 0.458. The van der Waals surface area contributed by atoms with E-state index >= 15 is 0 Å². The minimum absolute atomic E-state index is 0.00616. The van der Waals surface area contributed by atoms with Crippen LogP contribution in [0, 0.1) is 12.8 Å².